The van der Waals surface area contributed by atoms with Gasteiger partial charge in [-0.2, -0.15) is 5.26 Å². The predicted octanol–water partition coefficient (Wildman–Crippen LogP) is 4.58. The van der Waals surface area contributed by atoms with Crippen LogP contribution in [0.1, 0.15) is 18.1 Å². The Hall–Kier alpha value is -2.39. The van der Waals surface area contributed by atoms with Crippen LogP contribution in [0.3, 0.4) is 0 Å². The number of rotatable bonds is 4. The molecule has 21 heavy (non-hydrogen) atoms. The molecular weight excluding hydrogens is 336 g/mol. The van der Waals surface area contributed by atoms with E-state index in [0.29, 0.717) is 22.2 Å². The van der Waals surface area contributed by atoms with Gasteiger partial charge in [0.05, 0.1) is 16.6 Å². The summed E-state index contributed by atoms with van der Waals surface area (Å²) in [4.78, 5) is 10.7. The zero-order chi connectivity index (χ0) is 15.4. The van der Waals surface area contributed by atoms with Gasteiger partial charge < -0.3 is 4.74 Å². The molecule has 0 N–H and O–H groups in total. The van der Waals surface area contributed by atoms with Crippen LogP contribution < -0.4 is 4.74 Å². The Kier molecular flexibility index (Phi) is 4.55. The summed E-state index contributed by atoms with van der Waals surface area (Å²) < 4.78 is 6.24. The lowest BCUT2D eigenvalue weighted by Crippen LogP contribution is -1.95. The van der Waals surface area contributed by atoms with Gasteiger partial charge in [-0.15, -0.1) is 0 Å². The predicted molar refractivity (Wildman–Crippen MR) is 81.4 cm³/mol. The van der Waals surface area contributed by atoms with Crippen LogP contribution in [0.2, 0.25) is 0 Å². The van der Waals surface area contributed by atoms with Crippen molar-refractivity contribution in [3.63, 3.8) is 0 Å². The van der Waals surface area contributed by atoms with Crippen LogP contribution >= 0.6 is 15.9 Å². The number of nitrogens with zero attached hydrogens (tertiary/aromatic N) is 2. The first-order valence-corrected chi connectivity index (χ1v) is 6.98. The van der Waals surface area contributed by atoms with Gasteiger partial charge in [0.15, 0.2) is 0 Å². The van der Waals surface area contributed by atoms with Crippen molar-refractivity contribution in [2.75, 3.05) is 0 Å². The van der Waals surface area contributed by atoms with Crippen LogP contribution in [-0.4, -0.2) is 4.92 Å². The number of ether oxygens (including phenoxy) is 1. The van der Waals surface area contributed by atoms with Gasteiger partial charge in [-0.25, -0.2) is 0 Å². The van der Waals surface area contributed by atoms with E-state index in [4.69, 9.17) is 10.00 Å². The van der Waals surface area contributed by atoms with Crippen molar-refractivity contribution in [1.82, 2.24) is 0 Å². The van der Waals surface area contributed by atoms with Gasteiger partial charge in [0.25, 0.3) is 0 Å². The number of nitro groups is 1. The van der Waals surface area contributed by atoms with E-state index < -0.39 is 4.92 Å². The van der Waals surface area contributed by atoms with Crippen LogP contribution in [0.15, 0.2) is 40.9 Å². The van der Waals surface area contributed by atoms with E-state index in [0.717, 1.165) is 5.56 Å². The van der Waals surface area contributed by atoms with Gasteiger partial charge in [0.2, 0.25) is 5.75 Å². The number of benzene rings is 2. The summed E-state index contributed by atoms with van der Waals surface area (Å²) in [5.41, 5.74) is 1.18. The van der Waals surface area contributed by atoms with Crippen molar-refractivity contribution >= 4 is 21.6 Å². The zero-order valence-electron chi connectivity index (χ0n) is 11.2. The Morgan fingerprint density at radius 2 is 2.10 bits per heavy atom. The summed E-state index contributed by atoms with van der Waals surface area (Å²) in [7, 11) is 0. The van der Waals surface area contributed by atoms with Crippen molar-refractivity contribution in [2.45, 2.75) is 13.3 Å². The lowest BCUT2D eigenvalue weighted by atomic mass is 10.1. The first-order valence-electron chi connectivity index (χ1n) is 6.19. The number of nitro benzene ring substituents is 1. The van der Waals surface area contributed by atoms with Crippen molar-refractivity contribution < 1.29 is 9.66 Å². The number of nitriles is 1. The van der Waals surface area contributed by atoms with E-state index in [1.165, 1.54) is 12.1 Å². The molecule has 0 saturated carbocycles. The second kappa shape index (κ2) is 6.37. The normalized spacial score (nSPS) is 9.95. The highest BCUT2D eigenvalue weighted by molar-refractivity contribution is 9.10. The molecule has 0 fully saturated rings. The zero-order valence-corrected chi connectivity index (χ0v) is 12.8. The molecule has 5 nitrogen and oxygen atoms in total. The fourth-order valence-corrected chi connectivity index (χ4v) is 2.30. The molecule has 0 atom stereocenters. The largest absolute Gasteiger partial charge is 0.450 e. The molecule has 0 bridgehead atoms. The molecule has 106 valence electrons. The van der Waals surface area contributed by atoms with Crippen LogP contribution in [0, 0.1) is 21.4 Å². The van der Waals surface area contributed by atoms with Gasteiger partial charge >= 0.3 is 5.69 Å². The van der Waals surface area contributed by atoms with Crippen molar-refractivity contribution in [3.05, 3.63) is 62.1 Å². The summed E-state index contributed by atoms with van der Waals surface area (Å²) in [6.07, 6.45) is 0.705. The third-order valence-electron chi connectivity index (χ3n) is 2.86. The Labute approximate surface area is 130 Å². The summed E-state index contributed by atoms with van der Waals surface area (Å²) in [5.74, 6) is 0.521. The molecule has 2 rings (SSSR count). The highest BCUT2D eigenvalue weighted by atomic mass is 79.9. The van der Waals surface area contributed by atoms with Crippen LogP contribution in [0.25, 0.3) is 0 Å². The minimum atomic E-state index is -0.475. The topological polar surface area (TPSA) is 76.2 Å². The third-order valence-corrected chi connectivity index (χ3v) is 3.31. The highest BCUT2D eigenvalue weighted by Crippen LogP contribution is 2.33. The Morgan fingerprint density at radius 1 is 1.33 bits per heavy atom. The van der Waals surface area contributed by atoms with E-state index in [-0.39, 0.29) is 11.4 Å². The number of hydrogen-bond acceptors (Lipinski definition) is 4. The number of hydrogen-bond donors (Lipinski definition) is 0. The average Bonchev–Trinajstić information content (AvgIpc) is 2.46. The third kappa shape index (κ3) is 3.58. The fourth-order valence-electron chi connectivity index (χ4n) is 1.83. The maximum absolute atomic E-state index is 11.1. The maximum Gasteiger partial charge on any atom is 0.311 e. The van der Waals surface area contributed by atoms with Crippen molar-refractivity contribution in [1.29, 1.82) is 5.26 Å². The quantitative estimate of drug-likeness (QED) is 0.599. The van der Waals surface area contributed by atoms with Gasteiger partial charge in [-0.3, -0.25) is 10.1 Å². The van der Waals surface area contributed by atoms with Gasteiger partial charge in [0, 0.05) is 10.5 Å². The first-order chi connectivity index (χ1) is 10.0. The highest BCUT2D eigenvalue weighted by Gasteiger charge is 2.16. The molecular formula is C15H11BrN2O3. The smallest absolute Gasteiger partial charge is 0.311 e. The molecule has 0 heterocycles. The standard InChI is InChI=1S/C15H11BrN2O3/c1-2-10-3-4-15(14(7-10)18(19)20)21-13-6-11(9-17)5-12(16)8-13/h3-8H,2H2,1H3. The molecule has 0 aliphatic heterocycles. The van der Waals surface area contributed by atoms with Gasteiger partial charge in [0.1, 0.15) is 5.75 Å². The Bertz CT molecular complexity index is 738. The van der Waals surface area contributed by atoms with E-state index in [1.807, 2.05) is 13.0 Å². The Morgan fingerprint density at radius 3 is 2.71 bits per heavy atom. The van der Waals surface area contributed by atoms with Gasteiger partial charge in [-0.1, -0.05) is 28.9 Å². The summed E-state index contributed by atoms with van der Waals surface area (Å²) in [6, 6.07) is 11.7. The molecule has 0 spiro atoms. The molecule has 0 aliphatic rings. The lowest BCUT2D eigenvalue weighted by molar-refractivity contribution is -0.385. The van der Waals surface area contributed by atoms with Gasteiger partial charge in [-0.05, 0) is 36.2 Å². The SMILES string of the molecule is CCc1ccc(Oc2cc(Br)cc(C#N)c2)c([N+](=O)[O-])c1. The second-order valence-corrected chi connectivity index (χ2v) is 5.22. The lowest BCUT2D eigenvalue weighted by Gasteiger charge is -2.08. The van der Waals surface area contributed by atoms with E-state index in [2.05, 4.69) is 15.9 Å². The first kappa shape index (κ1) is 15.0. The minimum absolute atomic E-state index is 0.0900. The van der Waals surface area contributed by atoms with E-state index in [9.17, 15) is 10.1 Å². The minimum Gasteiger partial charge on any atom is -0.450 e. The van der Waals surface area contributed by atoms with Crippen LogP contribution in [0.4, 0.5) is 5.69 Å². The van der Waals surface area contributed by atoms with Crippen molar-refractivity contribution in [2.24, 2.45) is 0 Å². The molecule has 0 unspecified atom stereocenters. The molecule has 0 saturated heterocycles. The molecule has 2 aromatic rings. The van der Waals surface area contributed by atoms with Crippen LogP contribution in [-0.2, 0) is 6.42 Å². The van der Waals surface area contributed by atoms with Crippen molar-refractivity contribution in [3.8, 4) is 17.6 Å². The maximum atomic E-state index is 11.1. The molecule has 2 aromatic carbocycles. The summed E-state index contributed by atoms with van der Waals surface area (Å²) in [5, 5.41) is 20.1. The molecule has 0 aromatic heterocycles. The molecule has 0 aliphatic carbocycles. The molecule has 0 radical (unpaired) electrons. The monoisotopic (exact) mass is 346 g/mol. The van der Waals surface area contributed by atoms with Crippen LogP contribution in [0.5, 0.6) is 11.5 Å². The summed E-state index contributed by atoms with van der Waals surface area (Å²) in [6.45, 7) is 1.92. The number of aryl methyl sites for hydroxylation is 1. The molecule has 0 amide bonds. The number of halogens is 1. The van der Waals surface area contributed by atoms with E-state index >= 15 is 0 Å². The summed E-state index contributed by atoms with van der Waals surface area (Å²) >= 11 is 3.27. The van der Waals surface area contributed by atoms with E-state index in [1.54, 1.807) is 24.3 Å². The molecule has 6 heteroatoms. The fraction of sp³-hybridized carbons (Fsp3) is 0.133. The average molecular weight is 347 g/mol. The second-order valence-electron chi connectivity index (χ2n) is 4.30. The Balaban J connectivity index is 2.42.